The van der Waals surface area contributed by atoms with Gasteiger partial charge < -0.3 is 9.67 Å². The van der Waals surface area contributed by atoms with Crippen LogP contribution in [-0.2, 0) is 14.8 Å². The SMILES string of the molecule is CC(=O)c1ccnc(-n2ccc3cc(N(CC(=O)O)S(=O)(=O)c4cc(Cl)cc(Cl)c4)ccc32)c1. The Labute approximate surface area is 205 Å². The van der Waals surface area contributed by atoms with E-state index in [9.17, 15) is 23.1 Å². The predicted molar refractivity (Wildman–Crippen MR) is 130 cm³/mol. The number of pyridine rings is 1. The number of ketones is 1. The third kappa shape index (κ3) is 4.63. The minimum Gasteiger partial charge on any atom is -0.480 e. The van der Waals surface area contributed by atoms with Crippen molar-refractivity contribution in [1.29, 1.82) is 0 Å². The Morgan fingerprint density at radius 2 is 1.74 bits per heavy atom. The van der Waals surface area contributed by atoms with E-state index in [4.69, 9.17) is 23.2 Å². The molecule has 0 fully saturated rings. The summed E-state index contributed by atoms with van der Waals surface area (Å²) in [6.45, 7) is 0.657. The third-order valence-corrected chi connectivity index (χ3v) is 7.25. The molecule has 0 spiro atoms. The van der Waals surface area contributed by atoms with Crippen LogP contribution in [0.4, 0.5) is 5.69 Å². The number of carbonyl (C=O) groups excluding carboxylic acids is 1. The summed E-state index contributed by atoms with van der Waals surface area (Å²) in [4.78, 5) is 27.3. The summed E-state index contributed by atoms with van der Waals surface area (Å²) >= 11 is 11.9. The van der Waals surface area contributed by atoms with Crippen molar-refractivity contribution >= 4 is 61.6 Å². The van der Waals surface area contributed by atoms with E-state index >= 15 is 0 Å². The first-order chi connectivity index (χ1) is 16.1. The van der Waals surface area contributed by atoms with E-state index in [0.717, 1.165) is 4.31 Å². The molecule has 174 valence electrons. The number of rotatable bonds is 7. The molecule has 0 aliphatic carbocycles. The summed E-state index contributed by atoms with van der Waals surface area (Å²) in [6.07, 6.45) is 3.26. The van der Waals surface area contributed by atoms with Gasteiger partial charge in [-0.15, -0.1) is 0 Å². The molecule has 1 N–H and O–H groups in total. The van der Waals surface area contributed by atoms with E-state index in [1.54, 1.807) is 41.1 Å². The van der Waals surface area contributed by atoms with Crippen LogP contribution in [0.5, 0.6) is 0 Å². The minimum atomic E-state index is -4.30. The van der Waals surface area contributed by atoms with E-state index < -0.39 is 22.5 Å². The van der Waals surface area contributed by atoms with Gasteiger partial charge in [-0.3, -0.25) is 13.9 Å². The highest BCUT2D eigenvalue weighted by Crippen LogP contribution is 2.31. The van der Waals surface area contributed by atoms with Crippen LogP contribution in [0.3, 0.4) is 0 Å². The number of hydrogen-bond donors (Lipinski definition) is 1. The topological polar surface area (TPSA) is 110 Å². The summed E-state index contributed by atoms with van der Waals surface area (Å²) in [7, 11) is -4.30. The fourth-order valence-corrected chi connectivity index (χ4v) is 5.63. The Balaban J connectivity index is 1.81. The zero-order chi connectivity index (χ0) is 24.6. The van der Waals surface area contributed by atoms with Gasteiger partial charge in [0.2, 0.25) is 0 Å². The molecular formula is C23H17Cl2N3O5S. The lowest BCUT2D eigenvalue weighted by Crippen LogP contribution is -2.35. The van der Waals surface area contributed by atoms with E-state index in [2.05, 4.69) is 4.98 Å². The van der Waals surface area contributed by atoms with Crippen LogP contribution in [0, 0.1) is 0 Å². The number of aromatic nitrogens is 2. The molecule has 0 saturated carbocycles. The van der Waals surface area contributed by atoms with Gasteiger partial charge in [0.25, 0.3) is 10.0 Å². The van der Waals surface area contributed by atoms with Crippen LogP contribution < -0.4 is 4.31 Å². The Morgan fingerprint density at radius 3 is 2.38 bits per heavy atom. The first kappa shape index (κ1) is 23.7. The number of anilines is 1. The number of nitrogens with zero attached hydrogens (tertiary/aromatic N) is 3. The van der Waals surface area contributed by atoms with Crippen molar-refractivity contribution in [1.82, 2.24) is 9.55 Å². The highest BCUT2D eigenvalue weighted by atomic mass is 35.5. The number of aliphatic carboxylic acids is 1. The zero-order valence-electron chi connectivity index (χ0n) is 17.6. The second-order valence-electron chi connectivity index (χ2n) is 7.40. The first-order valence-corrected chi connectivity index (χ1v) is 12.0. The predicted octanol–water partition coefficient (Wildman–Crippen LogP) is 4.81. The lowest BCUT2D eigenvalue weighted by atomic mass is 10.2. The number of hydrogen-bond acceptors (Lipinski definition) is 5. The van der Waals surface area contributed by atoms with E-state index in [0.29, 0.717) is 22.3 Å². The van der Waals surface area contributed by atoms with Crippen molar-refractivity contribution in [2.45, 2.75) is 11.8 Å². The number of halogens is 2. The van der Waals surface area contributed by atoms with Gasteiger partial charge in [-0.1, -0.05) is 23.2 Å². The van der Waals surface area contributed by atoms with Gasteiger partial charge in [0.1, 0.15) is 12.4 Å². The van der Waals surface area contributed by atoms with Gasteiger partial charge in [-0.2, -0.15) is 0 Å². The van der Waals surface area contributed by atoms with E-state index in [1.165, 1.54) is 37.4 Å². The van der Waals surface area contributed by atoms with Crippen LogP contribution in [-0.4, -0.2) is 41.4 Å². The summed E-state index contributed by atoms with van der Waals surface area (Å²) < 4.78 is 29.2. The van der Waals surface area contributed by atoms with Crippen molar-refractivity contribution in [3.63, 3.8) is 0 Å². The molecular weight excluding hydrogens is 501 g/mol. The molecule has 0 amide bonds. The molecule has 0 atom stereocenters. The maximum Gasteiger partial charge on any atom is 0.324 e. The Bertz CT molecular complexity index is 1530. The average Bonchev–Trinajstić information content (AvgIpc) is 3.20. The largest absolute Gasteiger partial charge is 0.480 e. The van der Waals surface area contributed by atoms with Gasteiger partial charge in [0, 0.05) is 33.4 Å². The van der Waals surface area contributed by atoms with Crippen molar-refractivity contribution in [2.24, 2.45) is 0 Å². The van der Waals surface area contributed by atoms with E-state index in [-0.39, 0.29) is 26.4 Å². The standard InChI is InChI=1S/C23H17Cl2N3O5S/c1-14(29)15-4-6-26-22(9-15)27-7-5-16-8-19(2-3-21(16)27)28(13-23(30)31)34(32,33)20-11-17(24)10-18(25)12-20/h2-12H,13H2,1H3,(H,30,31). The lowest BCUT2D eigenvalue weighted by Gasteiger charge is -2.23. The second-order valence-corrected chi connectivity index (χ2v) is 10.1. The molecule has 0 radical (unpaired) electrons. The molecule has 2 aromatic carbocycles. The van der Waals surface area contributed by atoms with Crippen LogP contribution in [0.25, 0.3) is 16.7 Å². The average molecular weight is 518 g/mol. The molecule has 0 saturated heterocycles. The highest BCUT2D eigenvalue weighted by Gasteiger charge is 2.28. The van der Waals surface area contributed by atoms with Crippen molar-refractivity contribution in [3.8, 4) is 5.82 Å². The molecule has 2 heterocycles. The molecule has 4 aromatic rings. The summed E-state index contributed by atoms with van der Waals surface area (Å²) in [5, 5.41) is 10.3. The molecule has 11 heteroatoms. The van der Waals surface area contributed by atoms with Gasteiger partial charge in [0.05, 0.1) is 16.1 Å². The second kappa shape index (κ2) is 9.09. The molecule has 0 aliphatic heterocycles. The monoisotopic (exact) mass is 517 g/mol. The molecule has 0 unspecified atom stereocenters. The Kier molecular flexibility index (Phi) is 6.35. The molecule has 8 nitrogen and oxygen atoms in total. The number of carbonyl (C=O) groups is 2. The molecule has 0 aliphatic rings. The van der Waals surface area contributed by atoms with Crippen LogP contribution >= 0.6 is 23.2 Å². The summed E-state index contributed by atoms with van der Waals surface area (Å²) in [5.41, 5.74) is 1.34. The molecule has 2 aromatic heterocycles. The van der Waals surface area contributed by atoms with E-state index in [1.807, 2.05) is 0 Å². The van der Waals surface area contributed by atoms with Gasteiger partial charge in [-0.05, 0) is 61.5 Å². The first-order valence-electron chi connectivity index (χ1n) is 9.85. The quantitative estimate of drug-likeness (QED) is 0.352. The van der Waals surface area contributed by atoms with Gasteiger partial charge >= 0.3 is 5.97 Å². The Morgan fingerprint density at radius 1 is 1.03 bits per heavy atom. The van der Waals surface area contributed by atoms with Crippen LogP contribution in [0.15, 0.2) is 71.9 Å². The maximum atomic E-state index is 13.3. The van der Waals surface area contributed by atoms with Crippen LogP contribution in [0.2, 0.25) is 10.0 Å². The summed E-state index contributed by atoms with van der Waals surface area (Å²) in [5.74, 6) is -0.920. The number of fused-ring (bicyclic) bond motifs is 1. The Hall–Kier alpha value is -3.40. The van der Waals surface area contributed by atoms with Gasteiger partial charge in [-0.25, -0.2) is 13.4 Å². The smallest absolute Gasteiger partial charge is 0.324 e. The van der Waals surface area contributed by atoms with Gasteiger partial charge in [0.15, 0.2) is 5.78 Å². The number of Topliss-reactive ketones (excluding diaryl/α,β-unsaturated/α-hetero) is 1. The maximum absolute atomic E-state index is 13.3. The van der Waals surface area contributed by atoms with Crippen molar-refractivity contribution < 1.29 is 23.1 Å². The number of carboxylic acid groups (broad SMARTS) is 1. The fraction of sp³-hybridized carbons (Fsp3) is 0.0870. The molecule has 0 bridgehead atoms. The van der Waals surface area contributed by atoms with Crippen molar-refractivity contribution in [3.05, 3.63) is 82.6 Å². The minimum absolute atomic E-state index is 0.0990. The number of sulfonamides is 1. The lowest BCUT2D eigenvalue weighted by molar-refractivity contribution is -0.135. The van der Waals surface area contributed by atoms with Crippen LogP contribution in [0.1, 0.15) is 17.3 Å². The third-order valence-electron chi connectivity index (χ3n) is 5.06. The zero-order valence-corrected chi connectivity index (χ0v) is 20.0. The van der Waals surface area contributed by atoms with Crippen molar-refractivity contribution in [2.75, 3.05) is 10.8 Å². The number of benzene rings is 2. The number of carboxylic acids is 1. The highest BCUT2D eigenvalue weighted by molar-refractivity contribution is 7.92. The summed E-state index contributed by atoms with van der Waals surface area (Å²) in [6, 6.07) is 13.5. The normalized spacial score (nSPS) is 11.5. The fourth-order valence-electron chi connectivity index (χ4n) is 3.50. The molecule has 4 rings (SSSR count). The molecule has 34 heavy (non-hydrogen) atoms.